The summed E-state index contributed by atoms with van der Waals surface area (Å²) in [4.78, 5) is 0. The largest absolute Gasteiger partial charge is 0.394 e. The summed E-state index contributed by atoms with van der Waals surface area (Å²) < 4.78 is 7.56. The summed E-state index contributed by atoms with van der Waals surface area (Å²) in [5.41, 5.74) is 1.24. The van der Waals surface area contributed by atoms with E-state index in [0.29, 0.717) is 0 Å². The predicted octanol–water partition coefficient (Wildman–Crippen LogP) is 6.26. The van der Waals surface area contributed by atoms with Gasteiger partial charge in [-0.1, -0.05) is 147 Å². The summed E-state index contributed by atoms with van der Waals surface area (Å²) in [6.45, 7) is 8.71. The molecule has 0 spiro atoms. The van der Waals surface area contributed by atoms with Crippen molar-refractivity contribution in [1.82, 2.24) is 0 Å². The van der Waals surface area contributed by atoms with Crippen molar-refractivity contribution >= 4 is 18.7 Å². The van der Waals surface area contributed by atoms with Gasteiger partial charge in [0.2, 0.25) is 0 Å². The summed E-state index contributed by atoms with van der Waals surface area (Å²) in [5.74, 6) is 0. The highest BCUT2D eigenvalue weighted by molar-refractivity contribution is 6.97. The van der Waals surface area contributed by atoms with Crippen LogP contribution >= 0.6 is 0 Å². The second kappa shape index (κ2) is 9.06. The van der Waals surface area contributed by atoms with Crippen LogP contribution in [0.2, 0.25) is 6.04 Å². The van der Waals surface area contributed by atoms with Crippen LogP contribution in [0.15, 0.2) is 147 Å². The summed E-state index contributed by atoms with van der Waals surface area (Å²) in [7, 11) is -2.61. The summed E-state index contributed by atoms with van der Waals surface area (Å²) >= 11 is 0. The summed E-state index contributed by atoms with van der Waals surface area (Å²) in [5, 5.41) is 2.56. The van der Waals surface area contributed by atoms with Crippen molar-refractivity contribution in [3.63, 3.8) is 0 Å². The third-order valence-corrected chi connectivity index (χ3v) is 11.7. The zero-order valence-electron chi connectivity index (χ0n) is 19.4. The van der Waals surface area contributed by atoms with E-state index in [4.69, 9.17) is 4.43 Å². The first-order valence-corrected chi connectivity index (χ1v) is 14.0. The zero-order valence-corrected chi connectivity index (χ0v) is 20.4. The normalized spacial score (nSPS) is 18.0. The molecule has 0 bridgehead atoms. The Morgan fingerprint density at radius 2 is 0.971 bits per heavy atom. The van der Waals surface area contributed by atoms with Crippen molar-refractivity contribution in [3.8, 4) is 0 Å². The van der Waals surface area contributed by atoms with Crippen LogP contribution in [0.25, 0.3) is 0 Å². The maximum Gasteiger partial charge on any atom is 0.257 e. The minimum absolute atomic E-state index is 0.431. The molecule has 1 saturated heterocycles. The highest BCUT2D eigenvalue weighted by atomic mass is 28.4. The molecule has 4 aromatic carbocycles. The molecule has 1 nitrogen and oxygen atoms in total. The van der Waals surface area contributed by atoms with Crippen LogP contribution in [0.4, 0.5) is 0 Å². The maximum absolute atomic E-state index is 7.56. The Hall–Kier alpha value is -3.46. The van der Waals surface area contributed by atoms with Crippen LogP contribution in [0.5, 0.6) is 0 Å². The van der Waals surface area contributed by atoms with Crippen molar-refractivity contribution in [2.45, 2.75) is 23.5 Å². The lowest BCUT2D eigenvalue weighted by Crippen LogP contribution is -2.71. The molecule has 4 aromatic rings. The van der Waals surface area contributed by atoms with E-state index in [1.165, 1.54) is 21.5 Å². The first-order valence-electron chi connectivity index (χ1n) is 11.9. The van der Waals surface area contributed by atoms with Gasteiger partial charge in [-0.05, 0) is 34.0 Å². The van der Waals surface area contributed by atoms with Crippen LogP contribution in [0.3, 0.4) is 0 Å². The lowest BCUT2D eigenvalue weighted by atomic mass is 9.61. The van der Waals surface area contributed by atoms with Gasteiger partial charge in [-0.3, -0.25) is 0 Å². The number of rotatable bonds is 6. The van der Waals surface area contributed by atoms with Gasteiger partial charge in [0.05, 0.1) is 5.41 Å². The highest BCUT2D eigenvalue weighted by Gasteiger charge is 2.60. The van der Waals surface area contributed by atoms with E-state index in [2.05, 4.69) is 134 Å². The molecule has 0 N–H and O–H groups in total. The fraction of sp³-hybridized carbons (Fsp3) is 0.125. The number of hydrogen-bond donors (Lipinski definition) is 0. The van der Waals surface area contributed by atoms with Gasteiger partial charge in [0.15, 0.2) is 0 Å². The van der Waals surface area contributed by atoms with Crippen LogP contribution < -0.4 is 10.4 Å². The lowest BCUT2D eigenvalue weighted by molar-refractivity contribution is 0.0675. The van der Waals surface area contributed by atoms with Gasteiger partial charge < -0.3 is 4.43 Å². The van der Waals surface area contributed by atoms with E-state index in [1.54, 1.807) is 0 Å². The molecule has 1 aliphatic heterocycles. The molecule has 0 amide bonds. The molecule has 0 saturated carbocycles. The Bertz CT molecular complexity index is 1160. The van der Waals surface area contributed by atoms with Gasteiger partial charge in [-0.2, -0.15) is 0 Å². The van der Waals surface area contributed by atoms with Gasteiger partial charge in [0.25, 0.3) is 8.32 Å². The topological polar surface area (TPSA) is 9.23 Å². The smallest absolute Gasteiger partial charge is 0.257 e. The molecule has 5 rings (SSSR count). The third kappa shape index (κ3) is 3.34. The van der Waals surface area contributed by atoms with Gasteiger partial charge >= 0.3 is 0 Å². The molecule has 1 fully saturated rings. The van der Waals surface area contributed by atoms with E-state index in [0.717, 1.165) is 12.5 Å². The van der Waals surface area contributed by atoms with E-state index in [-0.39, 0.29) is 0 Å². The van der Waals surface area contributed by atoms with Crippen LogP contribution in [-0.2, 0) is 9.84 Å². The molecule has 0 atom stereocenters. The Kier molecular flexibility index (Phi) is 5.95. The van der Waals surface area contributed by atoms with Crippen LogP contribution in [0, 0.1) is 0 Å². The van der Waals surface area contributed by atoms with E-state index >= 15 is 0 Å². The first kappa shape index (κ1) is 22.3. The standard InChI is InChI=1S/C32H30OSi/c1-3-31(4-2)32(27-17-9-5-10-18-27,28-19-11-6-12-20-28)25-26-34(33-31,29-21-13-7-14-22-29)30-23-15-8-16-24-30/h3-24H,1-2,25-26H2. The van der Waals surface area contributed by atoms with Crippen molar-refractivity contribution in [2.24, 2.45) is 0 Å². The quantitative estimate of drug-likeness (QED) is 0.245. The molecule has 2 heteroatoms. The minimum atomic E-state index is -2.61. The molecule has 0 unspecified atom stereocenters. The molecule has 1 aliphatic rings. The molecule has 0 radical (unpaired) electrons. The van der Waals surface area contributed by atoms with E-state index in [1.807, 2.05) is 12.2 Å². The Morgan fingerprint density at radius 1 is 0.588 bits per heavy atom. The average Bonchev–Trinajstić information content (AvgIpc) is 2.94. The van der Waals surface area contributed by atoms with E-state index in [9.17, 15) is 0 Å². The number of benzene rings is 4. The maximum atomic E-state index is 7.56. The summed E-state index contributed by atoms with van der Waals surface area (Å²) in [6, 6.07) is 44.0. The molecule has 0 aromatic heterocycles. The van der Waals surface area contributed by atoms with Gasteiger partial charge in [0.1, 0.15) is 5.60 Å². The molecular formula is C32H30OSi. The Labute approximate surface area is 204 Å². The van der Waals surface area contributed by atoms with Crippen LogP contribution in [0.1, 0.15) is 17.5 Å². The second-order valence-electron chi connectivity index (χ2n) is 9.00. The Balaban J connectivity index is 1.79. The summed E-state index contributed by atoms with van der Waals surface area (Å²) in [6.07, 6.45) is 4.91. The molecule has 34 heavy (non-hydrogen) atoms. The first-order chi connectivity index (χ1) is 16.7. The molecule has 1 heterocycles. The van der Waals surface area contributed by atoms with Crippen molar-refractivity contribution in [2.75, 3.05) is 0 Å². The number of hydrogen-bond acceptors (Lipinski definition) is 1. The fourth-order valence-electron chi connectivity index (χ4n) is 5.84. The monoisotopic (exact) mass is 458 g/mol. The van der Waals surface area contributed by atoms with Crippen molar-refractivity contribution in [1.29, 1.82) is 0 Å². The SMILES string of the molecule is C=CC1(C=C)O[Si](c2ccccc2)(c2ccccc2)CCC1(c1ccccc1)c1ccccc1. The van der Waals surface area contributed by atoms with Crippen LogP contribution in [-0.4, -0.2) is 13.9 Å². The molecule has 0 aliphatic carbocycles. The fourth-order valence-corrected chi connectivity index (χ4v) is 10.2. The third-order valence-electron chi connectivity index (χ3n) is 7.48. The lowest BCUT2D eigenvalue weighted by Gasteiger charge is -2.57. The predicted molar refractivity (Wildman–Crippen MR) is 145 cm³/mol. The second-order valence-corrected chi connectivity index (χ2v) is 12.5. The van der Waals surface area contributed by atoms with E-state index < -0.39 is 19.3 Å². The molecule has 168 valence electrons. The van der Waals surface area contributed by atoms with Crippen molar-refractivity contribution < 1.29 is 4.43 Å². The average molecular weight is 459 g/mol. The molecular weight excluding hydrogens is 428 g/mol. The minimum Gasteiger partial charge on any atom is -0.394 e. The van der Waals surface area contributed by atoms with Gasteiger partial charge in [-0.15, -0.1) is 0 Å². The van der Waals surface area contributed by atoms with Gasteiger partial charge in [-0.25, -0.2) is 0 Å². The zero-order chi connectivity index (χ0) is 23.5. The highest BCUT2D eigenvalue weighted by Crippen LogP contribution is 2.54. The van der Waals surface area contributed by atoms with Crippen molar-refractivity contribution in [3.05, 3.63) is 158 Å². The Morgan fingerprint density at radius 3 is 1.35 bits per heavy atom. The van der Waals surface area contributed by atoms with Gasteiger partial charge in [0, 0.05) is 0 Å².